The van der Waals surface area contributed by atoms with Crippen LogP contribution in [0.5, 0.6) is 0 Å². The van der Waals surface area contributed by atoms with Crippen LogP contribution in [0.3, 0.4) is 0 Å². The van der Waals surface area contributed by atoms with Crippen LogP contribution in [0.2, 0.25) is 0 Å². The Balaban J connectivity index is 1.15. The summed E-state index contributed by atoms with van der Waals surface area (Å²) < 4.78 is 11.5. The average molecular weight is 757 g/mol. The van der Waals surface area contributed by atoms with Crippen LogP contribution in [0.1, 0.15) is 0 Å². The van der Waals surface area contributed by atoms with E-state index in [2.05, 4.69) is 221 Å². The van der Waals surface area contributed by atoms with Gasteiger partial charge in [-0.15, -0.1) is 0 Å². The maximum absolute atomic E-state index is 6.62. The second kappa shape index (κ2) is 12.8. The molecule has 9 aromatic carbocycles. The molecular formula is C54H36N2OSi. The van der Waals surface area contributed by atoms with Crippen LogP contribution >= 0.6 is 0 Å². The summed E-state index contributed by atoms with van der Waals surface area (Å²) in [5.74, 6) is 0. The molecule has 0 fully saturated rings. The molecule has 272 valence electrons. The van der Waals surface area contributed by atoms with Crippen LogP contribution in [0.25, 0.3) is 76.9 Å². The molecule has 0 N–H and O–H groups in total. The van der Waals surface area contributed by atoms with Gasteiger partial charge in [-0.2, -0.15) is 0 Å². The fourth-order valence-corrected chi connectivity index (χ4v) is 14.9. The van der Waals surface area contributed by atoms with Crippen molar-refractivity contribution in [3.05, 3.63) is 218 Å². The fourth-order valence-electron chi connectivity index (χ4n) is 9.90. The van der Waals surface area contributed by atoms with Crippen LogP contribution in [0, 0.1) is 0 Å². The van der Waals surface area contributed by atoms with Crippen molar-refractivity contribution in [2.24, 2.45) is 0 Å². The molecule has 3 aromatic heterocycles. The molecule has 0 saturated carbocycles. The van der Waals surface area contributed by atoms with E-state index in [-0.39, 0.29) is 0 Å². The lowest BCUT2D eigenvalue weighted by atomic mass is 10.1. The molecule has 0 saturated heterocycles. The number of benzene rings is 9. The molecule has 0 aliphatic heterocycles. The van der Waals surface area contributed by atoms with Crippen molar-refractivity contribution in [1.82, 2.24) is 9.13 Å². The van der Waals surface area contributed by atoms with Gasteiger partial charge in [-0.05, 0) is 81.4 Å². The van der Waals surface area contributed by atoms with E-state index in [0.29, 0.717) is 0 Å². The normalized spacial score (nSPS) is 12.1. The van der Waals surface area contributed by atoms with Crippen LogP contribution in [0.4, 0.5) is 0 Å². The van der Waals surface area contributed by atoms with Gasteiger partial charge in [0.25, 0.3) is 0 Å². The third-order valence-corrected chi connectivity index (χ3v) is 17.1. The minimum absolute atomic E-state index is 0.913. The minimum Gasteiger partial charge on any atom is -0.455 e. The van der Waals surface area contributed by atoms with E-state index in [9.17, 15) is 0 Å². The van der Waals surface area contributed by atoms with Crippen LogP contribution in [-0.4, -0.2) is 17.2 Å². The van der Waals surface area contributed by atoms with Crippen molar-refractivity contribution in [1.29, 1.82) is 0 Å². The highest BCUT2D eigenvalue weighted by Gasteiger charge is 2.43. The number of nitrogens with zero attached hydrogens (tertiary/aromatic N) is 2. The van der Waals surface area contributed by atoms with E-state index in [0.717, 1.165) is 49.7 Å². The van der Waals surface area contributed by atoms with Gasteiger partial charge < -0.3 is 13.6 Å². The van der Waals surface area contributed by atoms with E-state index in [4.69, 9.17) is 4.42 Å². The van der Waals surface area contributed by atoms with Crippen molar-refractivity contribution >= 4 is 94.4 Å². The quantitative estimate of drug-likeness (QED) is 0.122. The van der Waals surface area contributed by atoms with Crippen LogP contribution in [-0.2, 0) is 0 Å². The molecule has 12 rings (SSSR count). The van der Waals surface area contributed by atoms with Crippen LogP contribution < -0.4 is 20.7 Å². The SMILES string of the molecule is c1ccc(-n2c3ccccc3c3c([Si](c4ccccc4)(c4ccccc4)c4ccc(-n5c6ccccc6c6c7oc8ccccc8c7ccc65)cc4)cccc32)cc1. The Morgan fingerprint density at radius 1 is 0.310 bits per heavy atom. The maximum Gasteiger partial charge on any atom is 0.180 e. The average Bonchev–Trinajstić information content (AvgIpc) is 3.96. The monoisotopic (exact) mass is 756 g/mol. The summed E-state index contributed by atoms with van der Waals surface area (Å²) >= 11 is 0. The van der Waals surface area contributed by atoms with Gasteiger partial charge >= 0.3 is 0 Å². The molecule has 0 spiro atoms. The van der Waals surface area contributed by atoms with Gasteiger partial charge in [0.05, 0.1) is 27.5 Å². The number of rotatable bonds is 6. The summed E-state index contributed by atoms with van der Waals surface area (Å²) in [7, 11) is -2.98. The molecule has 0 aliphatic carbocycles. The zero-order valence-electron chi connectivity index (χ0n) is 31.6. The smallest absolute Gasteiger partial charge is 0.180 e. The summed E-state index contributed by atoms with van der Waals surface area (Å²) in [6.45, 7) is 0. The van der Waals surface area contributed by atoms with Crippen LogP contribution in [0.15, 0.2) is 223 Å². The minimum atomic E-state index is -2.98. The lowest BCUT2D eigenvalue weighted by Crippen LogP contribution is -2.74. The number of aromatic nitrogens is 2. The zero-order valence-corrected chi connectivity index (χ0v) is 32.6. The molecule has 0 aliphatic rings. The second-order valence-electron chi connectivity index (χ2n) is 15.2. The molecular weight excluding hydrogens is 721 g/mol. The standard InChI is InChI=1S/C54H36N2OSi/c1-4-17-37(18-5-1)55-46-26-13-10-24-44(46)52-48(55)28-16-30-51(52)58(39-19-6-2-7-20-39,40-21-8-3-9-22-40)41-33-31-38(32-34-41)56-47-27-14-11-25-45(47)53-49(56)36-35-43-42-23-12-15-29-50(42)57-54(43)53/h1-36H. The predicted octanol–water partition coefficient (Wildman–Crippen LogP) is 11.2. The van der Waals surface area contributed by atoms with Gasteiger partial charge in [0.1, 0.15) is 11.2 Å². The first-order valence-corrected chi connectivity index (χ1v) is 21.9. The van der Waals surface area contributed by atoms with E-state index < -0.39 is 8.07 Å². The first kappa shape index (κ1) is 32.8. The highest BCUT2D eigenvalue weighted by molar-refractivity contribution is 7.20. The van der Waals surface area contributed by atoms with Gasteiger partial charge in [-0.3, -0.25) is 0 Å². The number of para-hydroxylation sites is 4. The van der Waals surface area contributed by atoms with Gasteiger partial charge in [-0.1, -0.05) is 158 Å². The number of furan rings is 1. The molecule has 0 radical (unpaired) electrons. The van der Waals surface area contributed by atoms with Gasteiger partial charge in [0.15, 0.2) is 8.07 Å². The predicted molar refractivity (Wildman–Crippen MR) is 246 cm³/mol. The first-order valence-electron chi connectivity index (χ1n) is 19.9. The lowest BCUT2D eigenvalue weighted by Gasteiger charge is -2.35. The largest absolute Gasteiger partial charge is 0.455 e. The molecule has 12 aromatic rings. The summed E-state index contributed by atoms with van der Waals surface area (Å²) in [6.07, 6.45) is 0. The Morgan fingerprint density at radius 2 is 0.793 bits per heavy atom. The Labute approximate surface area is 336 Å². The highest BCUT2D eigenvalue weighted by atomic mass is 28.3. The molecule has 58 heavy (non-hydrogen) atoms. The van der Waals surface area contributed by atoms with Gasteiger partial charge in [-0.25, -0.2) is 0 Å². The van der Waals surface area contributed by atoms with Crippen molar-refractivity contribution < 1.29 is 4.42 Å². The maximum atomic E-state index is 6.62. The van der Waals surface area contributed by atoms with Crippen molar-refractivity contribution in [2.45, 2.75) is 0 Å². The third kappa shape index (κ3) is 4.61. The Kier molecular flexibility index (Phi) is 7.25. The van der Waals surface area contributed by atoms with E-state index in [1.165, 1.54) is 47.9 Å². The Morgan fingerprint density at radius 3 is 1.45 bits per heavy atom. The zero-order chi connectivity index (χ0) is 38.2. The van der Waals surface area contributed by atoms with Gasteiger partial charge in [0, 0.05) is 38.3 Å². The molecule has 0 atom stereocenters. The first-order chi connectivity index (χ1) is 28.8. The Hall–Kier alpha value is -7.40. The van der Waals surface area contributed by atoms with E-state index in [1.807, 2.05) is 6.07 Å². The number of hydrogen-bond donors (Lipinski definition) is 0. The van der Waals surface area contributed by atoms with Crippen molar-refractivity contribution in [3.8, 4) is 11.4 Å². The topological polar surface area (TPSA) is 23.0 Å². The molecule has 0 bridgehead atoms. The van der Waals surface area contributed by atoms with E-state index >= 15 is 0 Å². The van der Waals surface area contributed by atoms with E-state index in [1.54, 1.807) is 0 Å². The van der Waals surface area contributed by atoms with Gasteiger partial charge in [0.2, 0.25) is 0 Å². The number of hydrogen-bond acceptors (Lipinski definition) is 1. The van der Waals surface area contributed by atoms with Crippen molar-refractivity contribution in [2.75, 3.05) is 0 Å². The molecule has 0 amide bonds. The molecule has 0 unspecified atom stereocenters. The highest BCUT2D eigenvalue weighted by Crippen LogP contribution is 2.40. The Bertz CT molecular complexity index is 3450. The fraction of sp³-hybridized carbons (Fsp3) is 0. The number of fused-ring (bicyclic) bond motifs is 10. The summed E-state index contributed by atoms with van der Waals surface area (Å²) in [4.78, 5) is 0. The summed E-state index contributed by atoms with van der Waals surface area (Å²) in [6, 6.07) is 80.3. The summed E-state index contributed by atoms with van der Waals surface area (Å²) in [5.41, 5.74) is 8.85. The molecule has 4 heteroatoms. The second-order valence-corrected chi connectivity index (χ2v) is 19.0. The lowest BCUT2D eigenvalue weighted by molar-refractivity contribution is 0.673. The molecule has 3 heterocycles. The third-order valence-electron chi connectivity index (χ3n) is 12.3. The summed E-state index contributed by atoms with van der Waals surface area (Å²) in [5, 5.41) is 12.6. The molecule has 3 nitrogen and oxygen atoms in total. The van der Waals surface area contributed by atoms with Crippen molar-refractivity contribution in [3.63, 3.8) is 0 Å².